The number of anilines is 3. The second-order valence-corrected chi connectivity index (χ2v) is 10.1. The van der Waals surface area contributed by atoms with E-state index in [9.17, 15) is 22.8 Å². The molecule has 1 aliphatic heterocycles. The summed E-state index contributed by atoms with van der Waals surface area (Å²) in [6.07, 6.45) is 0. The fraction of sp³-hybridized carbons (Fsp3) is 0.0800. The Morgan fingerprint density at radius 3 is 2.22 bits per heavy atom. The van der Waals surface area contributed by atoms with Gasteiger partial charge in [-0.15, -0.1) is 0 Å². The highest BCUT2D eigenvalue weighted by Crippen LogP contribution is 2.31. The Labute approximate surface area is 212 Å². The predicted octanol–water partition coefficient (Wildman–Crippen LogP) is 3.64. The van der Waals surface area contributed by atoms with Crippen LogP contribution in [0.15, 0.2) is 82.4 Å². The average Bonchev–Trinajstić information content (AvgIpc) is 3.04. The molecule has 0 bridgehead atoms. The minimum atomic E-state index is -3.85. The first-order valence-electron chi connectivity index (χ1n) is 10.6. The molecule has 3 aromatic rings. The first-order chi connectivity index (χ1) is 17.0. The van der Waals surface area contributed by atoms with Crippen LogP contribution in [0.1, 0.15) is 21.5 Å². The molecule has 11 heteroatoms. The summed E-state index contributed by atoms with van der Waals surface area (Å²) in [5.74, 6) is -1.74. The molecule has 4 rings (SSSR count). The first-order valence-corrected chi connectivity index (χ1v) is 12.6. The highest BCUT2D eigenvalue weighted by molar-refractivity contribution is 7.89. The van der Waals surface area contributed by atoms with E-state index in [4.69, 9.17) is 16.7 Å². The number of amides is 3. The van der Waals surface area contributed by atoms with Gasteiger partial charge in [0, 0.05) is 16.9 Å². The van der Waals surface area contributed by atoms with Gasteiger partial charge in [-0.1, -0.05) is 23.7 Å². The largest absolute Gasteiger partial charge is 0.350 e. The summed E-state index contributed by atoms with van der Waals surface area (Å²) in [6, 6.07) is 16.9. The van der Waals surface area contributed by atoms with Crippen molar-refractivity contribution in [1.82, 2.24) is 0 Å². The number of rotatable bonds is 6. The molecule has 184 valence electrons. The van der Waals surface area contributed by atoms with Gasteiger partial charge in [0.25, 0.3) is 17.7 Å². The van der Waals surface area contributed by atoms with Crippen molar-refractivity contribution in [2.75, 3.05) is 15.5 Å². The summed E-state index contributed by atoms with van der Waals surface area (Å²) in [5.41, 5.74) is 3.21. The fourth-order valence-corrected chi connectivity index (χ4v) is 4.25. The molecule has 3 aromatic carbocycles. The Kier molecular flexibility index (Phi) is 6.68. The number of nitrogens with one attached hydrogen (secondary N) is 2. The molecule has 0 radical (unpaired) electrons. The van der Waals surface area contributed by atoms with Gasteiger partial charge in [-0.05, 0) is 79.6 Å². The van der Waals surface area contributed by atoms with Gasteiger partial charge in [-0.2, -0.15) is 0 Å². The lowest BCUT2D eigenvalue weighted by Gasteiger charge is -2.16. The van der Waals surface area contributed by atoms with Crippen LogP contribution < -0.4 is 20.7 Å². The van der Waals surface area contributed by atoms with Crippen LogP contribution >= 0.6 is 11.6 Å². The van der Waals surface area contributed by atoms with Crippen molar-refractivity contribution in [3.8, 4) is 0 Å². The number of sulfonamides is 1. The monoisotopic (exact) mass is 524 g/mol. The van der Waals surface area contributed by atoms with Gasteiger partial charge in [0.15, 0.2) is 0 Å². The van der Waals surface area contributed by atoms with E-state index in [1.807, 2.05) is 19.9 Å². The molecule has 0 atom stereocenters. The topological polar surface area (TPSA) is 139 Å². The van der Waals surface area contributed by atoms with Gasteiger partial charge in [0.05, 0.1) is 10.6 Å². The van der Waals surface area contributed by atoms with Gasteiger partial charge in [0.1, 0.15) is 10.7 Å². The second kappa shape index (κ2) is 9.57. The number of nitrogens with two attached hydrogens (primary N) is 1. The third-order valence-corrected chi connectivity index (χ3v) is 6.89. The lowest BCUT2D eigenvalue weighted by atomic mass is 10.1. The highest BCUT2D eigenvalue weighted by Gasteiger charge is 2.39. The molecular formula is C25H21ClN4O5S. The SMILES string of the molecule is Cc1ccc(N2C(=O)C(Cl)=C(Nc3cccc(C(=O)Nc4ccc(S(N)(=O)=O)cc4)c3)C2=O)cc1C. The van der Waals surface area contributed by atoms with Crippen LogP contribution in [0.25, 0.3) is 0 Å². The number of benzene rings is 3. The Hall–Kier alpha value is -3.99. The van der Waals surface area contributed by atoms with E-state index in [0.717, 1.165) is 16.0 Å². The predicted molar refractivity (Wildman–Crippen MR) is 137 cm³/mol. The molecule has 0 saturated carbocycles. The van der Waals surface area contributed by atoms with E-state index in [1.54, 1.807) is 30.3 Å². The molecule has 0 saturated heterocycles. The molecule has 4 N–H and O–H groups in total. The molecule has 0 unspecified atom stereocenters. The summed E-state index contributed by atoms with van der Waals surface area (Å²) in [4.78, 5) is 39.4. The molecule has 0 aliphatic carbocycles. The van der Waals surface area contributed by atoms with Gasteiger partial charge < -0.3 is 10.6 Å². The smallest absolute Gasteiger partial charge is 0.283 e. The van der Waals surface area contributed by atoms with Crippen LogP contribution in [-0.2, 0) is 19.6 Å². The van der Waals surface area contributed by atoms with Crippen LogP contribution in [0.4, 0.5) is 17.1 Å². The minimum absolute atomic E-state index is 0.0810. The van der Waals surface area contributed by atoms with Gasteiger partial charge in [-0.25, -0.2) is 18.5 Å². The van der Waals surface area contributed by atoms with Gasteiger partial charge in [-0.3, -0.25) is 14.4 Å². The molecule has 36 heavy (non-hydrogen) atoms. The number of carbonyl (C=O) groups excluding carboxylic acids is 3. The molecule has 9 nitrogen and oxygen atoms in total. The standard InChI is InChI=1S/C25H21ClN4O5S/c1-14-6-9-19(12-15(14)2)30-24(32)21(26)22(25(30)33)28-18-5-3-4-16(13-18)23(31)29-17-7-10-20(11-8-17)36(27,34)35/h3-13,28H,1-2H3,(H,29,31)(H2,27,34,35). The van der Waals surface area contributed by atoms with Crippen LogP contribution in [0.5, 0.6) is 0 Å². The van der Waals surface area contributed by atoms with E-state index in [-0.39, 0.29) is 21.2 Å². The Bertz CT molecular complexity index is 1550. The van der Waals surface area contributed by atoms with Crippen molar-refractivity contribution in [3.05, 3.63) is 94.1 Å². The summed E-state index contributed by atoms with van der Waals surface area (Å²) < 4.78 is 22.8. The fourth-order valence-electron chi connectivity index (χ4n) is 3.52. The minimum Gasteiger partial charge on any atom is -0.350 e. The lowest BCUT2D eigenvalue weighted by molar-refractivity contribution is -0.120. The lowest BCUT2D eigenvalue weighted by Crippen LogP contribution is -2.32. The van der Waals surface area contributed by atoms with Crippen molar-refractivity contribution < 1.29 is 22.8 Å². The molecule has 1 heterocycles. The van der Waals surface area contributed by atoms with Gasteiger partial charge in [0.2, 0.25) is 10.0 Å². The van der Waals surface area contributed by atoms with Crippen molar-refractivity contribution in [2.45, 2.75) is 18.7 Å². The summed E-state index contributed by atoms with van der Waals surface area (Å²) in [7, 11) is -3.85. The summed E-state index contributed by atoms with van der Waals surface area (Å²) in [5, 5.41) is 10.3. The third-order valence-electron chi connectivity index (χ3n) is 5.61. The number of aryl methyl sites for hydroxylation is 2. The van der Waals surface area contributed by atoms with E-state index in [2.05, 4.69) is 10.6 Å². The Morgan fingerprint density at radius 1 is 0.889 bits per heavy atom. The third kappa shape index (κ3) is 5.01. The highest BCUT2D eigenvalue weighted by atomic mass is 35.5. The van der Waals surface area contributed by atoms with Gasteiger partial charge >= 0.3 is 0 Å². The van der Waals surface area contributed by atoms with E-state index in [0.29, 0.717) is 17.1 Å². The van der Waals surface area contributed by atoms with E-state index in [1.165, 1.54) is 30.3 Å². The summed E-state index contributed by atoms with van der Waals surface area (Å²) in [6.45, 7) is 3.80. The van der Waals surface area contributed by atoms with Crippen molar-refractivity contribution in [2.24, 2.45) is 5.14 Å². The zero-order valence-corrected chi connectivity index (χ0v) is 20.8. The second-order valence-electron chi connectivity index (χ2n) is 8.13. The van der Waals surface area contributed by atoms with Crippen LogP contribution in [0.2, 0.25) is 0 Å². The van der Waals surface area contributed by atoms with Crippen LogP contribution in [-0.4, -0.2) is 26.1 Å². The number of hydrogen-bond acceptors (Lipinski definition) is 6. The molecule has 3 amide bonds. The Balaban J connectivity index is 1.52. The number of halogens is 1. The molecule has 1 aliphatic rings. The van der Waals surface area contributed by atoms with E-state index >= 15 is 0 Å². The van der Waals surface area contributed by atoms with E-state index < -0.39 is 27.7 Å². The van der Waals surface area contributed by atoms with Crippen molar-refractivity contribution in [3.63, 3.8) is 0 Å². The zero-order chi connectivity index (χ0) is 26.2. The average molecular weight is 525 g/mol. The first kappa shape index (κ1) is 25.1. The molecule has 0 spiro atoms. The molecule has 0 fully saturated rings. The number of carbonyl (C=O) groups is 3. The van der Waals surface area contributed by atoms with Crippen LogP contribution in [0.3, 0.4) is 0 Å². The number of imide groups is 1. The summed E-state index contributed by atoms with van der Waals surface area (Å²) >= 11 is 6.22. The Morgan fingerprint density at radius 2 is 1.58 bits per heavy atom. The molecule has 0 aromatic heterocycles. The maximum atomic E-state index is 13.1. The maximum Gasteiger partial charge on any atom is 0.283 e. The zero-order valence-electron chi connectivity index (χ0n) is 19.2. The number of nitrogens with zero attached hydrogens (tertiary/aromatic N) is 1. The number of primary sulfonamides is 1. The normalized spacial score (nSPS) is 13.8. The molecular weight excluding hydrogens is 504 g/mol. The number of hydrogen-bond donors (Lipinski definition) is 3. The quantitative estimate of drug-likeness (QED) is 0.421. The van der Waals surface area contributed by atoms with Crippen molar-refractivity contribution >= 4 is 56.4 Å². The van der Waals surface area contributed by atoms with Crippen LogP contribution in [0, 0.1) is 13.8 Å². The van der Waals surface area contributed by atoms with Crippen molar-refractivity contribution in [1.29, 1.82) is 0 Å². The maximum absolute atomic E-state index is 13.1.